The van der Waals surface area contributed by atoms with Gasteiger partial charge >= 0.3 is 0 Å². The maximum Gasteiger partial charge on any atom is 0.241 e. The van der Waals surface area contributed by atoms with Crippen LogP contribution >= 0.6 is 15.9 Å². The molecule has 0 bridgehead atoms. The highest BCUT2D eigenvalue weighted by molar-refractivity contribution is 9.10. The largest absolute Gasteiger partial charge is 0.323 e. The van der Waals surface area contributed by atoms with E-state index in [0.717, 1.165) is 23.7 Å². The smallest absolute Gasteiger partial charge is 0.241 e. The van der Waals surface area contributed by atoms with Crippen LogP contribution in [-0.2, 0) is 6.42 Å². The number of hydrogen-bond acceptors (Lipinski definition) is 1. The van der Waals surface area contributed by atoms with Gasteiger partial charge in [0.1, 0.15) is 0 Å². The Balaban J connectivity index is 1.82. The summed E-state index contributed by atoms with van der Waals surface area (Å²) in [4.78, 5) is 0. The van der Waals surface area contributed by atoms with E-state index in [1.165, 1.54) is 11.1 Å². The lowest BCUT2D eigenvalue weighted by molar-refractivity contribution is 0.0192. The van der Waals surface area contributed by atoms with Crippen LogP contribution in [0.5, 0.6) is 0 Å². The molecule has 1 atom stereocenters. The maximum atomic E-state index is 12.8. The molecule has 104 valence electrons. The molecule has 1 aromatic rings. The third-order valence-electron chi connectivity index (χ3n) is 5.03. The summed E-state index contributed by atoms with van der Waals surface area (Å²) < 4.78 is 26.6. The van der Waals surface area contributed by atoms with Gasteiger partial charge in [0.2, 0.25) is 6.43 Å². The Bertz CT molecular complexity index is 481. The highest BCUT2D eigenvalue weighted by Gasteiger charge is 2.47. The fourth-order valence-corrected chi connectivity index (χ4v) is 4.17. The third-order valence-corrected chi connectivity index (χ3v) is 5.52. The highest BCUT2D eigenvalue weighted by Crippen LogP contribution is 2.54. The molecule has 0 saturated heterocycles. The van der Waals surface area contributed by atoms with E-state index >= 15 is 0 Å². The zero-order chi connectivity index (χ0) is 13.6. The van der Waals surface area contributed by atoms with Crippen molar-refractivity contribution in [2.45, 2.75) is 44.6 Å². The van der Waals surface area contributed by atoms with Gasteiger partial charge in [-0.25, -0.2) is 8.78 Å². The van der Waals surface area contributed by atoms with Crippen molar-refractivity contribution in [3.63, 3.8) is 0 Å². The maximum absolute atomic E-state index is 12.8. The molecule has 1 fully saturated rings. The minimum Gasteiger partial charge on any atom is -0.323 e. The van der Waals surface area contributed by atoms with Crippen molar-refractivity contribution in [1.29, 1.82) is 0 Å². The molecule has 1 spiro atoms. The number of nitrogens with two attached hydrogens (primary N) is 1. The number of alkyl halides is 2. The summed E-state index contributed by atoms with van der Waals surface area (Å²) in [5, 5.41) is 0. The normalized spacial score (nSPS) is 33.9. The van der Waals surface area contributed by atoms with Crippen molar-refractivity contribution in [1.82, 2.24) is 0 Å². The van der Waals surface area contributed by atoms with E-state index in [1.54, 1.807) is 0 Å². The first-order valence-electron chi connectivity index (χ1n) is 6.84. The average molecular weight is 330 g/mol. The van der Waals surface area contributed by atoms with E-state index in [1.807, 2.05) is 6.07 Å². The van der Waals surface area contributed by atoms with Crippen LogP contribution in [0.3, 0.4) is 0 Å². The SMILES string of the molecule is NC1c2cc(Br)ccc2CC12CCC(C(F)F)CC2. The average Bonchev–Trinajstić information content (AvgIpc) is 2.64. The van der Waals surface area contributed by atoms with E-state index in [4.69, 9.17) is 5.73 Å². The van der Waals surface area contributed by atoms with Crippen molar-refractivity contribution >= 4 is 15.9 Å². The molecule has 2 aliphatic carbocycles. The zero-order valence-electron chi connectivity index (χ0n) is 10.7. The Hall–Kier alpha value is -0.480. The van der Waals surface area contributed by atoms with Gasteiger partial charge in [0.25, 0.3) is 0 Å². The van der Waals surface area contributed by atoms with Crippen LogP contribution in [0.15, 0.2) is 22.7 Å². The molecule has 4 heteroatoms. The fourth-order valence-electron chi connectivity index (χ4n) is 3.79. The molecule has 0 radical (unpaired) electrons. The quantitative estimate of drug-likeness (QED) is 0.809. The standard InChI is InChI=1S/C15H18BrF2N/c16-11-2-1-10-8-15(13(19)12(10)7-11)5-3-9(4-6-15)14(17)18/h1-2,7,9,13-14H,3-6,8,19H2. The second-order valence-corrected chi connectivity index (χ2v) is 6.95. The van der Waals surface area contributed by atoms with Crippen molar-refractivity contribution in [2.24, 2.45) is 17.1 Å². The summed E-state index contributed by atoms with van der Waals surface area (Å²) in [7, 11) is 0. The Morgan fingerprint density at radius 1 is 1.26 bits per heavy atom. The van der Waals surface area contributed by atoms with E-state index < -0.39 is 12.3 Å². The number of fused-ring (bicyclic) bond motifs is 1. The summed E-state index contributed by atoms with van der Waals surface area (Å²) in [5.41, 5.74) is 8.96. The van der Waals surface area contributed by atoms with Crippen LogP contribution in [0.4, 0.5) is 8.78 Å². The summed E-state index contributed by atoms with van der Waals surface area (Å²) in [6.07, 6.45) is 1.66. The van der Waals surface area contributed by atoms with Gasteiger partial charge in [0, 0.05) is 16.4 Å². The molecule has 3 rings (SSSR count). The van der Waals surface area contributed by atoms with Crippen molar-refractivity contribution in [3.05, 3.63) is 33.8 Å². The van der Waals surface area contributed by atoms with Gasteiger partial charge in [0.05, 0.1) is 0 Å². The van der Waals surface area contributed by atoms with Crippen LogP contribution in [0, 0.1) is 11.3 Å². The Morgan fingerprint density at radius 3 is 2.58 bits per heavy atom. The van der Waals surface area contributed by atoms with Crippen LogP contribution in [0.2, 0.25) is 0 Å². The summed E-state index contributed by atoms with van der Waals surface area (Å²) in [6.45, 7) is 0. The third kappa shape index (κ3) is 2.23. The minimum atomic E-state index is -2.17. The summed E-state index contributed by atoms with van der Waals surface area (Å²) in [5.74, 6) is -0.423. The topological polar surface area (TPSA) is 26.0 Å². The van der Waals surface area contributed by atoms with Gasteiger partial charge in [-0.05, 0) is 60.8 Å². The van der Waals surface area contributed by atoms with Crippen LogP contribution in [-0.4, -0.2) is 6.43 Å². The first-order valence-corrected chi connectivity index (χ1v) is 7.63. The Labute approximate surface area is 120 Å². The van der Waals surface area contributed by atoms with Gasteiger partial charge in [-0.3, -0.25) is 0 Å². The Kier molecular flexibility index (Phi) is 3.42. The number of benzene rings is 1. The zero-order valence-corrected chi connectivity index (χ0v) is 12.3. The van der Waals surface area contributed by atoms with Crippen LogP contribution < -0.4 is 5.73 Å². The molecular weight excluding hydrogens is 312 g/mol. The van der Waals surface area contributed by atoms with Crippen LogP contribution in [0.25, 0.3) is 0 Å². The summed E-state index contributed by atoms with van der Waals surface area (Å²) >= 11 is 3.48. The lowest BCUT2D eigenvalue weighted by Crippen LogP contribution is -2.36. The Morgan fingerprint density at radius 2 is 1.95 bits per heavy atom. The predicted molar refractivity (Wildman–Crippen MR) is 75.2 cm³/mol. The van der Waals surface area contributed by atoms with Gasteiger partial charge < -0.3 is 5.73 Å². The lowest BCUT2D eigenvalue weighted by Gasteiger charge is -2.40. The van der Waals surface area contributed by atoms with Crippen molar-refractivity contribution in [3.8, 4) is 0 Å². The molecule has 0 aliphatic heterocycles. The minimum absolute atomic E-state index is 0.00128. The molecule has 2 N–H and O–H groups in total. The molecule has 0 heterocycles. The molecule has 0 amide bonds. The fraction of sp³-hybridized carbons (Fsp3) is 0.600. The van der Waals surface area contributed by atoms with Gasteiger partial charge in [-0.15, -0.1) is 0 Å². The molecule has 2 aliphatic rings. The molecule has 1 unspecified atom stereocenters. The van der Waals surface area contributed by atoms with Crippen molar-refractivity contribution < 1.29 is 8.78 Å². The second kappa shape index (κ2) is 4.81. The van der Waals surface area contributed by atoms with E-state index in [2.05, 4.69) is 28.1 Å². The predicted octanol–water partition coefficient (Wildman–Crippen LogP) is 4.45. The van der Waals surface area contributed by atoms with Gasteiger partial charge in [-0.2, -0.15) is 0 Å². The first kappa shape index (κ1) is 13.5. The molecule has 19 heavy (non-hydrogen) atoms. The summed E-state index contributed by atoms with van der Waals surface area (Å²) in [6, 6.07) is 6.25. The highest BCUT2D eigenvalue weighted by atomic mass is 79.9. The van der Waals surface area contributed by atoms with Crippen LogP contribution in [0.1, 0.15) is 42.9 Å². The molecule has 0 aromatic heterocycles. The van der Waals surface area contributed by atoms with Crippen molar-refractivity contribution in [2.75, 3.05) is 0 Å². The molecule has 1 saturated carbocycles. The van der Waals surface area contributed by atoms with E-state index in [0.29, 0.717) is 12.8 Å². The molecule has 1 aromatic carbocycles. The number of halogens is 3. The number of rotatable bonds is 1. The number of hydrogen-bond donors (Lipinski definition) is 1. The van der Waals surface area contributed by atoms with Gasteiger partial charge in [0.15, 0.2) is 0 Å². The lowest BCUT2D eigenvalue weighted by atomic mass is 9.67. The van der Waals surface area contributed by atoms with E-state index in [-0.39, 0.29) is 11.5 Å². The second-order valence-electron chi connectivity index (χ2n) is 6.03. The molecular formula is C15H18BrF2N. The molecule has 1 nitrogen and oxygen atoms in total. The monoisotopic (exact) mass is 329 g/mol. The first-order chi connectivity index (χ1) is 9.02. The van der Waals surface area contributed by atoms with E-state index in [9.17, 15) is 8.78 Å². The van der Waals surface area contributed by atoms with Gasteiger partial charge in [-0.1, -0.05) is 22.0 Å².